The van der Waals surface area contributed by atoms with Crippen molar-refractivity contribution in [2.45, 2.75) is 26.3 Å². The molecular formula is C12H15FN4. The van der Waals surface area contributed by atoms with Crippen molar-refractivity contribution in [3.8, 4) is 5.69 Å². The van der Waals surface area contributed by atoms with E-state index in [9.17, 15) is 4.39 Å². The predicted octanol–water partition coefficient (Wildman–Crippen LogP) is 1.91. The summed E-state index contributed by atoms with van der Waals surface area (Å²) >= 11 is 0. The molecule has 0 aliphatic carbocycles. The van der Waals surface area contributed by atoms with E-state index < -0.39 is 5.54 Å². The van der Waals surface area contributed by atoms with Gasteiger partial charge in [0, 0.05) is 0 Å². The molecule has 0 amide bonds. The molecule has 1 aromatic heterocycles. The number of benzene rings is 1. The second kappa shape index (κ2) is 3.92. The molecule has 0 aliphatic heterocycles. The van der Waals surface area contributed by atoms with Crippen LogP contribution in [0, 0.1) is 12.7 Å². The van der Waals surface area contributed by atoms with Crippen molar-refractivity contribution >= 4 is 0 Å². The highest BCUT2D eigenvalue weighted by Crippen LogP contribution is 2.18. The zero-order chi connectivity index (χ0) is 12.6. The van der Waals surface area contributed by atoms with Crippen LogP contribution in [0.4, 0.5) is 4.39 Å². The van der Waals surface area contributed by atoms with Crippen molar-refractivity contribution in [1.29, 1.82) is 0 Å². The van der Waals surface area contributed by atoms with E-state index in [2.05, 4.69) is 10.3 Å². The average Bonchev–Trinajstić information content (AvgIpc) is 2.70. The molecule has 0 radical (unpaired) electrons. The number of rotatable bonds is 2. The smallest absolute Gasteiger partial charge is 0.125 e. The first kappa shape index (κ1) is 11.7. The van der Waals surface area contributed by atoms with E-state index in [1.807, 2.05) is 20.8 Å². The summed E-state index contributed by atoms with van der Waals surface area (Å²) in [4.78, 5) is 0. The normalized spacial score (nSPS) is 11.8. The molecule has 0 unspecified atom stereocenters. The van der Waals surface area contributed by atoms with E-state index in [-0.39, 0.29) is 5.82 Å². The van der Waals surface area contributed by atoms with E-state index in [1.54, 1.807) is 16.9 Å². The fraction of sp³-hybridized carbons (Fsp3) is 0.333. The topological polar surface area (TPSA) is 56.7 Å². The number of hydrogen-bond acceptors (Lipinski definition) is 3. The molecule has 5 heteroatoms. The lowest BCUT2D eigenvalue weighted by Crippen LogP contribution is -2.29. The van der Waals surface area contributed by atoms with Crippen LogP contribution in [-0.4, -0.2) is 15.0 Å². The summed E-state index contributed by atoms with van der Waals surface area (Å²) in [6.07, 6.45) is 1.72. The molecule has 0 bridgehead atoms. The molecule has 0 saturated heterocycles. The van der Waals surface area contributed by atoms with Crippen LogP contribution in [0.3, 0.4) is 0 Å². The molecule has 2 rings (SSSR count). The third-order valence-electron chi connectivity index (χ3n) is 2.57. The number of aryl methyl sites for hydroxylation is 1. The van der Waals surface area contributed by atoms with Crippen LogP contribution in [-0.2, 0) is 5.54 Å². The van der Waals surface area contributed by atoms with Crippen LogP contribution in [0.5, 0.6) is 0 Å². The van der Waals surface area contributed by atoms with E-state index in [4.69, 9.17) is 5.73 Å². The van der Waals surface area contributed by atoms with Crippen LogP contribution < -0.4 is 5.73 Å². The van der Waals surface area contributed by atoms with Gasteiger partial charge in [-0.15, -0.1) is 5.10 Å². The fourth-order valence-corrected chi connectivity index (χ4v) is 1.51. The van der Waals surface area contributed by atoms with Crippen LogP contribution in [0.15, 0.2) is 24.4 Å². The Bertz CT molecular complexity index is 540. The Kier molecular flexibility index (Phi) is 2.71. The number of hydrogen-bond donors (Lipinski definition) is 1. The lowest BCUT2D eigenvalue weighted by Gasteiger charge is -2.13. The van der Waals surface area contributed by atoms with Crippen molar-refractivity contribution in [2.24, 2.45) is 5.73 Å². The highest BCUT2D eigenvalue weighted by molar-refractivity contribution is 5.39. The monoisotopic (exact) mass is 234 g/mol. The van der Waals surface area contributed by atoms with Gasteiger partial charge in [-0.25, -0.2) is 9.07 Å². The lowest BCUT2D eigenvalue weighted by atomic mass is 10.0. The molecule has 1 heterocycles. The second-order valence-corrected chi connectivity index (χ2v) is 4.70. The first-order valence-corrected chi connectivity index (χ1v) is 5.36. The maximum atomic E-state index is 13.2. The van der Waals surface area contributed by atoms with Crippen molar-refractivity contribution < 1.29 is 4.39 Å². The Morgan fingerprint density at radius 2 is 2.06 bits per heavy atom. The van der Waals surface area contributed by atoms with Crippen LogP contribution in [0.25, 0.3) is 5.69 Å². The Morgan fingerprint density at radius 1 is 1.35 bits per heavy atom. The van der Waals surface area contributed by atoms with Crippen molar-refractivity contribution in [2.75, 3.05) is 0 Å². The lowest BCUT2D eigenvalue weighted by molar-refractivity contribution is 0.533. The summed E-state index contributed by atoms with van der Waals surface area (Å²) in [5.41, 5.74) is 7.64. The number of halogens is 1. The van der Waals surface area contributed by atoms with E-state index >= 15 is 0 Å². The summed E-state index contributed by atoms with van der Waals surface area (Å²) in [5.74, 6) is -0.297. The second-order valence-electron chi connectivity index (χ2n) is 4.70. The maximum absolute atomic E-state index is 13.2. The third-order valence-corrected chi connectivity index (χ3v) is 2.57. The number of nitrogens with two attached hydrogens (primary N) is 1. The molecule has 0 saturated carbocycles. The van der Waals surface area contributed by atoms with Crippen molar-refractivity contribution in [3.05, 3.63) is 41.5 Å². The van der Waals surface area contributed by atoms with Gasteiger partial charge in [0.25, 0.3) is 0 Å². The zero-order valence-electron chi connectivity index (χ0n) is 10.1. The van der Waals surface area contributed by atoms with Gasteiger partial charge >= 0.3 is 0 Å². The first-order valence-electron chi connectivity index (χ1n) is 5.36. The summed E-state index contributed by atoms with van der Waals surface area (Å²) in [6, 6.07) is 4.56. The molecule has 0 spiro atoms. The SMILES string of the molecule is Cc1ccc(F)cc1-n1cc(C(C)(C)N)nn1. The van der Waals surface area contributed by atoms with Gasteiger partial charge in [0.2, 0.25) is 0 Å². The quantitative estimate of drug-likeness (QED) is 0.863. The van der Waals surface area contributed by atoms with Gasteiger partial charge in [-0.2, -0.15) is 0 Å². The van der Waals surface area contributed by atoms with E-state index in [0.717, 1.165) is 5.56 Å². The molecular weight excluding hydrogens is 219 g/mol. The molecule has 0 fully saturated rings. The molecule has 2 N–H and O–H groups in total. The Morgan fingerprint density at radius 3 is 2.65 bits per heavy atom. The standard InChI is InChI=1S/C12H15FN4/c1-8-4-5-9(13)6-10(8)17-7-11(15-16-17)12(2,3)14/h4-7H,14H2,1-3H3. The third kappa shape index (κ3) is 2.34. The number of nitrogens with zero attached hydrogens (tertiary/aromatic N) is 3. The van der Waals surface area contributed by atoms with Gasteiger partial charge in [-0.1, -0.05) is 11.3 Å². The van der Waals surface area contributed by atoms with E-state index in [0.29, 0.717) is 11.4 Å². The average molecular weight is 234 g/mol. The Hall–Kier alpha value is -1.75. The molecule has 0 atom stereocenters. The minimum Gasteiger partial charge on any atom is -0.320 e. The van der Waals surface area contributed by atoms with Gasteiger partial charge in [0.05, 0.1) is 17.4 Å². The Balaban J connectivity index is 2.47. The molecule has 17 heavy (non-hydrogen) atoms. The van der Waals surface area contributed by atoms with E-state index in [1.165, 1.54) is 12.1 Å². The summed E-state index contributed by atoms with van der Waals surface area (Å²) < 4.78 is 14.7. The minimum absolute atomic E-state index is 0.297. The summed E-state index contributed by atoms with van der Waals surface area (Å²) in [6.45, 7) is 5.59. The minimum atomic E-state index is -0.556. The predicted molar refractivity (Wildman–Crippen MR) is 63.3 cm³/mol. The van der Waals surface area contributed by atoms with Gasteiger partial charge in [-0.3, -0.25) is 0 Å². The molecule has 0 aliphatic rings. The van der Waals surface area contributed by atoms with Crippen molar-refractivity contribution in [3.63, 3.8) is 0 Å². The summed E-state index contributed by atoms with van der Waals surface area (Å²) in [5, 5.41) is 7.97. The fourth-order valence-electron chi connectivity index (χ4n) is 1.51. The zero-order valence-corrected chi connectivity index (χ0v) is 10.1. The maximum Gasteiger partial charge on any atom is 0.125 e. The molecule has 4 nitrogen and oxygen atoms in total. The molecule has 90 valence electrons. The van der Waals surface area contributed by atoms with Crippen LogP contribution in [0.2, 0.25) is 0 Å². The van der Waals surface area contributed by atoms with Gasteiger partial charge < -0.3 is 5.73 Å². The molecule has 1 aromatic carbocycles. The van der Waals surface area contributed by atoms with Gasteiger partial charge in [0.15, 0.2) is 0 Å². The van der Waals surface area contributed by atoms with Crippen LogP contribution in [0.1, 0.15) is 25.1 Å². The van der Waals surface area contributed by atoms with Gasteiger partial charge in [0.1, 0.15) is 11.5 Å². The first-order chi connectivity index (χ1) is 7.88. The number of aromatic nitrogens is 3. The van der Waals surface area contributed by atoms with Crippen LogP contribution >= 0.6 is 0 Å². The summed E-state index contributed by atoms with van der Waals surface area (Å²) in [7, 11) is 0. The van der Waals surface area contributed by atoms with Crippen molar-refractivity contribution in [1.82, 2.24) is 15.0 Å². The highest BCUT2D eigenvalue weighted by atomic mass is 19.1. The highest BCUT2D eigenvalue weighted by Gasteiger charge is 2.19. The largest absolute Gasteiger partial charge is 0.320 e. The molecule has 2 aromatic rings. The Labute approximate surface area is 99.2 Å². The van der Waals surface area contributed by atoms with Gasteiger partial charge in [-0.05, 0) is 38.5 Å².